The number of carbonyl (C=O) groups excluding carboxylic acids is 2. The summed E-state index contributed by atoms with van der Waals surface area (Å²) < 4.78 is 5.06. The van der Waals surface area contributed by atoms with Gasteiger partial charge in [0, 0.05) is 23.2 Å². The van der Waals surface area contributed by atoms with Gasteiger partial charge in [0.2, 0.25) is 5.91 Å². The van der Waals surface area contributed by atoms with Crippen LogP contribution in [0.1, 0.15) is 15.9 Å². The standard InChI is InChI=1S/C22H21N3O3S/c1-28-19-10-8-17(9-11-19)22(27)24-14-20(26)25-18-6-4-5-16(13-18)15-29-21-7-2-3-12-23-21/h2-13H,14-15H2,1H3,(H,24,27)(H,25,26). The molecule has 0 unspecified atom stereocenters. The zero-order chi connectivity index (χ0) is 20.5. The Balaban J connectivity index is 1.49. The Morgan fingerprint density at radius 2 is 1.86 bits per heavy atom. The van der Waals surface area contributed by atoms with Crippen molar-refractivity contribution in [2.75, 3.05) is 19.0 Å². The molecule has 0 aliphatic carbocycles. The number of nitrogens with one attached hydrogen (secondary N) is 2. The molecule has 0 aliphatic heterocycles. The van der Waals surface area contributed by atoms with Crippen molar-refractivity contribution >= 4 is 29.3 Å². The van der Waals surface area contributed by atoms with E-state index in [-0.39, 0.29) is 18.4 Å². The summed E-state index contributed by atoms with van der Waals surface area (Å²) >= 11 is 1.63. The van der Waals surface area contributed by atoms with Gasteiger partial charge in [0.1, 0.15) is 5.75 Å². The lowest BCUT2D eigenvalue weighted by molar-refractivity contribution is -0.115. The topological polar surface area (TPSA) is 80.3 Å². The van der Waals surface area contributed by atoms with Crippen LogP contribution in [-0.4, -0.2) is 30.5 Å². The Hall–Kier alpha value is -3.32. The minimum absolute atomic E-state index is 0.113. The van der Waals surface area contributed by atoms with Crippen LogP contribution in [0.15, 0.2) is 78.0 Å². The fourth-order valence-electron chi connectivity index (χ4n) is 2.54. The summed E-state index contributed by atoms with van der Waals surface area (Å²) in [4.78, 5) is 28.6. The van der Waals surface area contributed by atoms with Gasteiger partial charge in [-0.25, -0.2) is 4.98 Å². The van der Waals surface area contributed by atoms with E-state index in [0.717, 1.165) is 16.3 Å². The van der Waals surface area contributed by atoms with E-state index in [0.29, 0.717) is 17.0 Å². The summed E-state index contributed by atoms with van der Waals surface area (Å²) in [6, 6.07) is 20.1. The first-order chi connectivity index (χ1) is 14.1. The molecule has 6 nitrogen and oxygen atoms in total. The number of hydrogen-bond donors (Lipinski definition) is 2. The van der Waals surface area contributed by atoms with Crippen molar-refractivity contribution in [3.05, 3.63) is 84.1 Å². The molecule has 0 fully saturated rings. The van der Waals surface area contributed by atoms with Gasteiger partial charge in [0.25, 0.3) is 5.91 Å². The number of nitrogens with zero attached hydrogens (tertiary/aromatic N) is 1. The Kier molecular flexibility index (Phi) is 7.24. The Labute approximate surface area is 173 Å². The molecule has 0 saturated carbocycles. The van der Waals surface area contributed by atoms with Gasteiger partial charge in [-0.1, -0.05) is 18.2 Å². The summed E-state index contributed by atoms with van der Waals surface area (Å²) in [7, 11) is 1.56. The molecule has 7 heteroatoms. The molecule has 2 amide bonds. The zero-order valence-electron chi connectivity index (χ0n) is 15.9. The second-order valence-electron chi connectivity index (χ2n) is 6.12. The quantitative estimate of drug-likeness (QED) is 0.556. The first-order valence-corrected chi connectivity index (χ1v) is 9.97. The number of benzene rings is 2. The third-order valence-electron chi connectivity index (χ3n) is 4.00. The predicted octanol–water partition coefficient (Wildman–Crippen LogP) is 3.75. The van der Waals surface area contributed by atoms with E-state index in [2.05, 4.69) is 15.6 Å². The molecule has 0 atom stereocenters. The van der Waals surface area contributed by atoms with E-state index >= 15 is 0 Å². The number of pyridine rings is 1. The van der Waals surface area contributed by atoms with Gasteiger partial charge in [-0.3, -0.25) is 9.59 Å². The second kappa shape index (κ2) is 10.3. The third-order valence-corrected chi connectivity index (χ3v) is 5.01. The van der Waals surface area contributed by atoms with Gasteiger partial charge in [-0.2, -0.15) is 0 Å². The van der Waals surface area contributed by atoms with Crippen molar-refractivity contribution in [3.63, 3.8) is 0 Å². The Bertz CT molecular complexity index is 963. The number of thioether (sulfide) groups is 1. The fraction of sp³-hybridized carbons (Fsp3) is 0.136. The molecule has 3 rings (SSSR count). The number of hydrogen-bond acceptors (Lipinski definition) is 5. The molecule has 0 radical (unpaired) electrons. The van der Waals surface area contributed by atoms with Crippen LogP contribution >= 0.6 is 11.8 Å². The number of anilines is 1. The van der Waals surface area contributed by atoms with Crippen molar-refractivity contribution in [2.45, 2.75) is 10.8 Å². The molecule has 2 aromatic carbocycles. The molecule has 29 heavy (non-hydrogen) atoms. The highest BCUT2D eigenvalue weighted by molar-refractivity contribution is 7.98. The van der Waals surface area contributed by atoms with Gasteiger partial charge in [0.05, 0.1) is 18.7 Å². The number of aromatic nitrogens is 1. The number of amides is 2. The highest BCUT2D eigenvalue weighted by Gasteiger charge is 2.09. The van der Waals surface area contributed by atoms with E-state index < -0.39 is 0 Å². The number of carbonyl (C=O) groups is 2. The molecule has 3 aromatic rings. The third kappa shape index (κ3) is 6.36. The molecular weight excluding hydrogens is 386 g/mol. The molecule has 1 heterocycles. The van der Waals surface area contributed by atoms with Crippen LogP contribution in [0.2, 0.25) is 0 Å². The maximum atomic E-state index is 12.2. The largest absolute Gasteiger partial charge is 0.497 e. The van der Waals surface area contributed by atoms with E-state index in [9.17, 15) is 9.59 Å². The molecule has 0 aliphatic rings. The average molecular weight is 407 g/mol. The molecule has 0 saturated heterocycles. The van der Waals surface area contributed by atoms with Crippen LogP contribution in [0.5, 0.6) is 5.75 Å². The van der Waals surface area contributed by atoms with Crippen LogP contribution in [0.4, 0.5) is 5.69 Å². The Morgan fingerprint density at radius 1 is 1.03 bits per heavy atom. The van der Waals surface area contributed by atoms with Crippen molar-refractivity contribution in [2.24, 2.45) is 0 Å². The molecule has 1 aromatic heterocycles. The number of methoxy groups -OCH3 is 1. The minimum atomic E-state index is -0.316. The number of rotatable bonds is 8. The van der Waals surface area contributed by atoms with Crippen molar-refractivity contribution < 1.29 is 14.3 Å². The summed E-state index contributed by atoms with van der Waals surface area (Å²) in [6.07, 6.45) is 1.76. The van der Waals surface area contributed by atoms with Crippen LogP contribution < -0.4 is 15.4 Å². The highest BCUT2D eigenvalue weighted by atomic mass is 32.2. The van der Waals surface area contributed by atoms with Crippen molar-refractivity contribution in [3.8, 4) is 5.75 Å². The van der Waals surface area contributed by atoms with Crippen LogP contribution in [-0.2, 0) is 10.5 Å². The molecule has 2 N–H and O–H groups in total. The lowest BCUT2D eigenvalue weighted by Gasteiger charge is -2.09. The average Bonchev–Trinajstić information content (AvgIpc) is 2.77. The van der Waals surface area contributed by atoms with Crippen LogP contribution in [0, 0.1) is 0 Å². The summed E-state index contributed by atoms with van der Waals surface area (Å²) in [5.74, 6) is 0.805. The summed E-state index contributed by atoms with van der Waals surface area (Å²) in [5, 5.41) is 6.37. The van der Waals surface area contributed by atoms with Gasteiger partial charge in [-0.05, 0) is 54.1 Å². The smallest absolute Gasteiger partial charge is 0.251 e. The lowest BCUT2D eigenvalue weighted by Crippen LogP contribution is -2.32. The summed E-state index contributed by atoms with van der Waals surface area (Å²) in [5.41, 5.74) is 2.22. The monoisotopic (exact) mass is 407 g/mol. The first kappa shape index (κ1) is 20.4. The minimum Gasteiger partial charge on any atom is -0.497 e. The molecule has 0 spiro atoms. The van der Waals surface area contributed by atoms with Gasteiger partial charge < -0.3 is 15.4 Å². The summed E-state index contributed by atoms with van der Waals surface area (Å²) in [6.45, 7) is -0.113. The lowest BCUT2D eigenvalue weighted by atomic mass is 10.2. The van der Waals surface area contributed by atoms with Crippen molar-refractivity contribution in [1.82, 2.24) is 10.3 Å². The van der Waals surface area contributed by atoms with Gasteiger partial charge in [0.15, 0.2) is 0 Å². The van der Waals surface area contributed by atoms with E-state index in [4.69, 9.17) is 4.74 Å². The van der Waals surface area contributed by atoms with Crippen molar-refractivity contribution in [1.29, 1.82) is 0 Å². The van der Waals surface area contributed by atoms with E-state index in [1.54, 1.807) is 49.3 Å². The highest BCUT2D eigenvalue weighted by Crippen LogP contribution is 2.22. The van der Waals surface area contributed by atoms with Crippen LogP contribution in [0.25, 0.3) is 0 Å². The maximum Gasteiger partial charge on any atom is 0.251 e. The predicted molar refractivity (Wildman–Crippen MR) is 114 cm³/mol. The van der Waals surface area contributed by atoms with E-state index in [1.807, 2.05) is 42.5 Å². The van der Waals surface area contributed by atoms with Crippen LogP contribution in [0.3, 0.4) is 0 Å². The van der Waals surface area contributed by atoms with E-state index in [1.165, 1.54) is 0 Å². The number of ether oxygens (including phenoxy) is 1. The zero-order valence-corrected chi connectivity index (χ0v) is 16.7. The molecule has 148 valence electrons. The normalized spacial score (nSPS) is 10.2. The second-order valence-corrected chi connectivity index (χ2v) is 7.11. The Morgan fingerprint density at radius 3 is 2.59 bits per heavy atom. The van der Waals surface area contributed by atoms with Gasteiger partial charge >= 0.3 is 0 Å². The SMILES string of the molecule is COc1ccc(C(=O)NCC(=O)Nc2cccc(CSc3ccccn3)c2)cc1. The van der Waals surface area contributed by atoms with Gasteiger partial charge in [-0.15, -0.1) is 11.8 Å². The maximum absolute atomic E-state index is 12.2. The molecule has 0 bridgehead atoms. The molecular formula is C22H21N3O3S. The first-order valence-electron chi connectivity index (χ1n) is 8.99. The fourth-order valence-corrected chi connectivity index (χ4v) is 3.34.